The van der Waals surface area contributed by atoms with E-state index in [1.807, 2.05) is 0 Å². The summed E-state index contributed by atoms with van der Waals surface area (Å²) in [6, 6.07) is 0.802. The van der Waals surface area contributed by atoms with E-state index in [1.54, 1.807) is 0 Å². The van der Waals surface area contributed by atoms with Gasteiger partial charge in [-0.05, 0) is 93.3 Å². The van der Waals surface area contributed by atoms with Gasteiger partial charge >= 0.3 is 0 Å². The van der Waals surface area contributed by atoms with E-state index in [0.717, 1.165) is 11.8 Å². The molecule has 1 aliphatic heterocycles. The van der Waals surface area contributed by atoms with Crippen LogP contribution in [0.15, 0.2) is 0 Å². The van der Waals surface area contributed by atoms with Crippen LogP contribution in [0.2, 0.25) is 0 Å². The minimum absolute atomic E-state index is 0.113. The molecule has 0 bridgehead atoms. The quantitative estimate of drug-likeness (QED) is 0.220. The second-order valence-corrected chi connectivity index (χ2v) is 14.7. The van der Waals surface area contributed by atoms with E-state index >= 15 is 0 Å². The van der Waals surface area contributed by atoms with Gasteiger partial charge in [0.1, 0.15) is 12.6 Å². The van der Waals surface area contributed by atoms with Crippen molar-refractivity contribution in [1.29, 1.82) is 0 Å². The van der Waals surface area contributed by atoms with Gasteiger partial charge < -0.3 is 10.8 Å². The molecule has 1 heterocycles. The van der Waals surface area contributed by atoms with Gasteiger partial charge in [0.15, 0.2) is 6.35 Å². The molecule has 10 nitrogen and oxygen atoms in total. The molecule has 11 heteroatoms. The summed E-state index contributed by atoms with van der Waals surface area (Å²) < 4.78 is 32.2. The zero-order chi connectivity index (χ0) is 26.9. The third kappa shape index (κ3) is 7.85. The molecule has 9 N–H and O–H groups in total. The summed E-state index contributed by atoms with van der Waals surface area (Å²) in [5.74, 6) is 3.85. The lowest BCUT2D eigenvalue weighted by Gasteiger charge is -2.46. The molecule has 7 atom stereocenters. The molecule has 0 amide bonds. The Kier molecular flexibility index (Phi) is 9.95. The lowest BCUT2D eigenvalue weighted by Crippen LogP contribution is -2.76. The van der Waals surface area contributed by atoms with E-state index in [1.165, 1.54) is 32.1 Å². The topological polar surface area (TPSA) is 161 Å². The number of nitrogens with two attached hydrogens (primary N) is 1. The lowest BCUT2D eigenvalue weighted by atomic mass is 9.66. The van der Waals surface area contributed by atoms with Crippen molar-refractivity contribution in [3.8, 4) is 0 Å². The third-order valence-corrected chi connectivity index (χ3v) is 11.2. The molecule has 1 saturated heterocycles. The Morgan fingerprint density at radius 1 is 0.784 bits per heavy atom. The maximum atomic E-state index is 11.4. The van der Waals surface area contributed by atoms with Gasteiger partial charge in [0, 0.05) is 18.1 Å². The number of hydrogen-bond donors (Lipinski definition) is 8. The van der Waals surface area contributed by atoms with Gasteiger partial charge in [0.05, 0.1) is 5.25 Å². The van der Waals surface area contributed by atoms with E-state index in [-0.39, 0.29) is 18.6 Å². The summed E-state index contributed by atoms with van der Waals surface area (Å²) in [5, 5.41) is 26.6. The van der Waals surface area contributed by atoms with Gasteiger partial charge in [0.2, 0.25) is 0 Å². The number of hydrogen-bond acceptors (Lipinski definition) is 9. The molecule has 4 fully saturated rings. The van der Waals surface area contributed by atoms with Gasteiger partial charge in [-0.1, -0.05) is 27.7 Å². The summed E-state index contributed by atoms with van der Waals surface area (Å²) >= 11 is 0. The van der Waals surface area contributed by atoms with E-state index < -0.39 is 21.7 Å². The number of aliphatic hydroxyl groups is 1. The monoisotopic (exact) mass is 544 g/mol. The molecule has 3 saturated carbocycles. The summed E-state index contributed by atoms with van der Waals surface area (Å²) in [4.78, 5) is 0. The van der Waals surface area contributed by atoms with Crippen LogP contribution < -0.4 is 32.3 Å². The highest BCUT2D eigenvalue weighted by molar-refractivity contribution is 7.86. The van der Waals surface area contributed by atoms with Crippen LogP contribution in [-0.4, -0.2) is 60.4 Å². The van der Waals surface area contributed by atoms with Crippen molar-refractivity contribution in [3.63, 3.8) is 0 Å². The second-order valence-electron chi connectivity index (χ2n) is 13.0. The van der Waals surface area contributed by atoms with Crippen molar-refractivity contribution in [2.24, 2.45) is 41.2 Å². The van der Waals surface area contributed by atoms with Gasteiger partial charge in [-0.15, -0.1) is 0 Å². The Balaban J connectivity index is 1.25. The Morgan fingerprint density at radius 3 is 1.78 bits per heavy atom. The molecular weight excluding hydrogens is 492 g/mol. The molecule has 4 rings (SSSR count). The van der Waals surface area contributed by atoms with Crippen LogP contribution in [0.5, 0.6) is 0 Å². The molecule has 3 aliphatic carbocycles. The Morgan fingerprint density at radius 2 is 1.27 bits per heavy atom. The summed E-state index contributed by atoms with van der Waals surface area (Å²) in [6.07, 6.45) is 7.05. The van der Waals surface area contributed by atoms with Crippen molar-refractivity contribution in [1.82, 2.24) is 26.6 Å². The summed E-state index contributed by atoms with van der Waals surface area (Å²) in [7, 11) is -3.97. The van der Waals surface area contributed by atoms with Crippen LogP contribution >= 0.6 is 0 Å². The smallest absolute Gasteiger partial charge is 0.267 e. The molecule has 4 aliphatic rings. The number of nitrogens with one attached hydrogen (secondary N) is 5. The zero-order valence-electron chi connectivity index (χ0n) is 23.1. The Bertz CT molecular complexity index is 817. The van der Waals surface area contributed by atoms with Crippen molar-refractivity contribution in [2.75, 3.05) is 0 Å². The van der Waals surface area contributed by atoms with E-state index in [4.69, 9.17) is 5.73 Å². The van der Waals surface area contributed by atoms with Gasteiger partial charge in [-0.25, -0.2) is 0 Å². The predicted octanol–water partition coefficient (Wildman–Crippen LogP) is 1.44. The normalized spacial score (nSPS) is 48.0. The van der Waals surface area contributed by atoms with Crippen LogP contribution in [0.3, 0.4) is 0 Å². The molecule has 0 aromatic carbocycles. The highest BCUT2D eigenvalue weighted by Gasteiger charge is 2.39. The fraction of sp³-hybridized carbons (Fsp3) is 1.00. The SMILES string of the molecule is CC1CC(CC2CC(C)C(NC3NC(O)NC(NC4CCC(S(=O)(=O)O)CC4)N3)C(C)C2)CC(C)C1N. The average Bonchev–Trinajstić information content (AvgIpc) is 2.79. The summed E-state index contributed by atoms with van der Waals surface area (Å²) in [5.41, 5.74) is 6.38. The zero-order valence-corrected chi connectivity index (χ0v) is 23.9. The maximum absolute atomic E-state index is 11.4. The standard InChI is InChI=1S/C26H52N6O4S/c1-14-9-18(10-15(2)22(14)27)13-19-11-16(3)23(17(4)12-19)29-25-30-24(31-26(33)32-25)28-20-5-7-21(8-6-20)37(34,35)36/h14-26,28-33H,5-13,27H2,1-4H3,(H,34,35,36). The first kappa shape index (κ1) is 29.6. The fourth-order valence-corrected chi connectivity index (χ4v) is 8.85. The first-order valence-electron chi connectivity index (χ1n) is 14.6. The molecule has 7 unspecified atom stereocenters. The second kappa shape index (κ2) is 12.4. The van der Waals surface area contributed by atoms with Crippen molar-refractivity contribution < 1.29 is 18.1 Å². The maximum Gasteiger partial charge on any atom is 0.267 e. The highest BCUT2D eigenvalue weighted by Crippen LogP contribution is 2.42. The molecule has 0 radical (unpaired) electrons. The first-order valence-corrected chi connectivity index (χ1v) is 16.1. The van der Waals surface area contributed by atoms with Crippen molar-refractivity contribution >= 4 is 10.1 Å². The molecule has 0 spiro atoms. The van der Waals surface area contributed by atoms with Crippen molar-refractivity contribution in [2.45, 2.75) is 128 Å². The van der Waals surface area contributed by atoms with Crippen LogP contribution in [-0.2, 0) is 10.1 Å². The van der Waals surface area contributed by atoms with E-state index in [9.17, 15) is 18.1 Å². The first-order chi connectivity index (χ1) is 17.4. The Labute approximate surface area is 223 Å². The third-order valence-electron chi connectivity index (χ3n) is 9.87. The minimum atomic E-state index is -3.97. The van der Waals surface area contributed by atoms with E-state index in [2.05, 4.69) is 54.3 Å². The molecule has 216 valence electrons. The van der Waals surface area contributed by atoms with E-state index in [0.29, 0.717) is 61.4 Å². The molecule has 0 aromatic heterocycles. The lowest BCUT2D eigenvalue weighted by molar-refractivity contribution is -0.00533. The Hall–Kier alpha value is -0.370. The van der Waals surface area contributed by atoms with Crippen LogP contribution in [0.1, 0.15) is 85.5 Å². The predicted molar refractivity (Wildman–Crippen MR) is 145 cm³/mol. The largest absolute Gasteiger partial charge is 0.365 e. The number of aliphatic hydroxyl groups excluding tert-OH is 1. The molecular formula is C26H52N6O4S. The number of rotatable bonds is 7. The average molecular weight is 545 g/mol. The van der Waals surface area contributed by atoms with Crippen LogP contribution in [0.4, 0.5) is 0 Å². The molecule has 0 aromatic rings. The fourth-order valence-electron chi connectivity index (χ4n) is 7.98. The highest BCUT2D eigenvalue weighted by atomic mass is 32.2. The van der Waals surface area contributed by atoms with Crippen LogP contribution in [0.25, 0.3) is 0 Å². The molecule has 37 heavy (non-hydrogen) atoms. The van der Waals surface area contributed by atoms with Crippen LogP contribution in [0, 0.1) is 35.5 Å². The summed E-state index contributed by atoms with van der Waals surface area (Å²) in [6.45, 7) is 9.34. The van der Waals surface area contributed by atoms with Gasteiger partial charge in [-0.3, -0.25) is 31.1 Å². The van der Waals surface area contributed by atoms with Gasteiger partial charge in [0.25, 0.3) is 10.1 Å². The van der Waals surface area contributed by atoms with Gasteiger partial charge in [-0.2, -0.15) is 8.42 Å². The minimum Gasteiger partial charge on any atom is -0.365 e. The van der Waals surface area contributed by atoms with Crippen molar-refractivity contribution in [3.05, 3.63) is 0 Å².